The highest BCUT2D eigenvalue weighted by Crippen LogP contribution is 2.27. The highest BCUT2D eigenvalue weighted by atomic mass is 16.5. The summed E-state index contributed by atoms with van der Waals surface area (Å²) in [6.45, 7) is 6.24. The number of rotatable bonds is 5. The Labute approximate surface area is 118 Å². The van der Waals surface area contributed by atoms with E-state index in [-0.39, 0.29) is 5.76 Å². The monoisotopic (exact) mass is 274 g/mol. The molecule has 0 saturated carbocycles. The minimum atomic E-state index is -1.07. The van der Waals surface area contributed by atoms with Crippen molar-refractivity contribution in [3.63, 3.8) is 0 Å². The zero-order chi connectivity index (χ0) is 14.7. The Bertz CT molecular complexity index is 611. The van der Waals surface area contributed by atoms with Gasteiger partial charge < -0.3 is 14.3 Å². The van der Waals surface area contributed by atoms with Crippen LogP contribution in [0.25, 0.3) is 0 Å². The summed E-state index contributed by atoms with van der Waals surface area (Å²) >= 11 is 0. The molecule has 1 heterocycles. The normalized spacial score (nSPS) is 10.8. The first-order valence-corrected chi connectivity index (χ1v) is 6.53. The predicted octanol–water partition coefficient (Wildman–Crippen LogP) is 3.99. The van der Waals surface area contributed by atoms with E-state index in [1.54, 1.807) is 6.92 Å². The molecule has 0 aliphatic carbocycles. The Kier molecular flexibility index (Phi) is 4.13. The molecule has 0 fully saturated rings. The zero-order valence-electron chi connectivity index (χ0n) is 11.8. The number of hydrogen-bond donors (Lipinski definition) is 1. The number of furan rings is 1. The molecular weight excluding hydrogens is 256 g/mol. The molecule has 4 heteroatoms. The van der Waals surface area contributed by atoms with Crippen molar-refractivity contribution >= 4 is 5.97 Å². The molecule has 0 aliphatic heterocycles. The van der Waals surface area contributed by atoms with Gasteiger partial charge in [-0.15, -0.1) is 0 Å². The Balaban J connectivity index is 2.15. The first kappa shape index (κ1) is 14.2. The van der Waals surface area contributed by atoms with Crippen molar-refractivity contribution in [2.75, 3.05) is 0 Å². The summed E-state index contributed by atoms with van der Waals surface area (Å²) in [4.78, 5) is 10.8. The number of para-hydroxylation sites is 1. The molecule has 2 aromatic rings. The summed E-state index contributed by atoms with van der Waals surface area (Å²) in [5.74, 6) is 0.635. The van der Waals surface area contributed by atoms with Crippen LogP contribution < -0.4 is 4.74 Å². The van der Waals surface area contributed by atoms with E-state index < -0.39 is 5.97 Å². The van der Waals surface area contributed by atoms with E-state index in [0.29, 0.717) is 18.3 Å². The lowest BCUT2D eigenvalue weighted by Gasteiger charge is -2.13. The molecule has 0 atom stereocenters. The van der Waals surface area contributed by atoms with E-state index in [2.05, 4.69) is 13.8 Å². The highest BCUT2D eigenvalue weighted by Gasteiger charge is 2.14. The van der Waals surface area contributed by atoms with Crippen molar-refractivity contribution in [1.29, 1.82) is 0 Å². The van der Waals surface area contributed by atoms with Crippen molar-refractivity contribution in [2.24, 2.45) is 0 Å². The number of carboxylic acids is 1. The number of hydrogen-bond acceptors (Lipinski definition) is 3. The second kappa shape index (κ2) is 5.82. The molecule has 0 unspecified atom stereocenters. The van der Waals surface area contributed by atoms with Crippen LogP contribution in [0.3, 0.4) is 0 Å². The first-order valence-electron chi connectivity index (χ1n) is 6.53. The van der Waals surface area contributed by atoms with Crippen molar-refractivity contribution in [1.82, 2.24) is 0 Å². The van der Waals surface area contributed by atoms with Gasteiger partial charge in [0, 0.05) is 5.56 Å². The maximum atomic E-state index is 10.8. The molecule has 0 amide bonds. The van der Waals surface area contributed by atoms with E-state index in [9.17, 15) is 4.79 Å². The van der Waals surface area contributed by atoms with E-state index >= 15 is 0 Å². The highest BCUT2D eigenvalue weighted by molar-refractivity contribution is 5.84. The Morgan fingerprint density at radius 3 is 2.65 bits per heavy atom. The van der Waals surface area contributed by atoms with Crippen LogP contribution in [0.15, 0.2) is 34.7 Å². The average Bonchev–Trinajstić information content (AvgIpc) is 2.78. The fourth-order valence-electron chi connectivity index (χ4n) is 2.01. The van der Waals surface area contributed by atoms with Gasteiger partial charge in [-0.3, -0.25) is 0 Å². The lowest BCUT2D eigenvalue weighted by molar-refractivity contribution is 0.0661. The van der Waals surface area contributed by atoms with E-state index in [4.69, 9.17) is 14.3 Å². The minimum Gasteiger partial charge on any atom is -0.488 e. The molecule has 0 aliphatic rings. The smallest absolute Gasteiger partial charge is 0.371 e. The number of carbonyl (C=O) groups is 1. The molecule has 0 radical (unpaired) electrons. The van der Waals surface area contributed by atoms with Gasteiger partial charge in [0.15, 0.2) is 0 Å². The number of benzene rings is 1. The van der Waals surface area contributed by atoms with Gasteiger partial charge in [0.1, 0.15) is 18.1 Å². The molecule has 106 valence electrons. The van der Waals surface area contributed by atoms with E-state index in [0.717, 1.165) is 16.9 Å². The SMILES string of the molecule is Cc1oc(C(=O)O)cc1COc1ccccc1C(C)C. The van der Waals surface area contributed by atoms with Gasteiger partial charge >= 0.3 is 5.97 Å². The van der Waals surface area contributed by atoms with Crippen molar-refractivity contribution < 1.29 is 19.1 Å². The molecule has 0 saturated heterocycles. The van der Waals surface area contributed by atoms with Crippen molar-refractivity contribution in [3.05, 3.63) is 53.0 Å². The second-order valence-corrected chi connectivity index (χ2v) is 4.98. The van der Waals surface area contributed by atoms with Gasteiger partial charge in [-0.25, -0.2) is 4.79 Å². The molecular formula is C16H18O4. The van der Waals surface area contributed by atoms with Crippen molar-refractivity contribution in [2.45, 2.75) is 33.3 Å². The van der Waals surface area contributed by atoms with Crippen LogP contribution in [0, 0.1) is 6.92 Å². The van der Waals surface area contributed by atoms with Gasteiger partial charge in [0.2, 0.25) is 5.76 Å². The maximum Gasteiger partial charge on any atom is 0.371 e. The molecule has 0 spiro atoms. The number of aromatic carboxylic acids is 1. The summed E-state index contributed by atoms with van der Waals surface area (Å²) in [5.41, 5.74) is 1.88. The number of aryl methyl sites for hydroxylation is 1. The molecule has 20 heavy (non-hydrogen) atoms. The maximum absolute atomic E-state index is 10.8. The summed E-state index contributed by atoms with van der Waals surface area (Å²) in [5, 5.41) is 8.89. The number of ether oxygens (including phenoxy) is 1. The molecule has 1 aromatic carbocycles. The Hall–Kier alpha value is -2.23. The molecule has 0 bridgehead atoms. The Morgan fingerprint density at radius 1 is 1.35 bits per heavy atom. The van der Waals surface area contributed by atoms with Crippen LogP contribution in [0.4, 0.5) is 0 Å². The standard InChI is InChI=1S/C16H18O4/c1-10(2)13-6-4-5-7-14(13)19-9-12-8-15(16(17)18)20-11(12)3/h4-8,10H,9H2,1-3H3,(H,17,18). The largest absolute Gasteiger partial charge is 0.488 e. The van der Waals surface area contributed by atoms with Crippen LogP contribution >= 0.6 is 0 Å². The van der Waals surface area contributed by atoms with Crippen LogP contribution in [-0.2, 0) is 6.61 Å². The average molecular weight is 274 g/mol. The van der Waals surface area contributed by atoms with Gasteiger partial charge in [-0.1, -0.05) is 32.0 Å². The molecule has 4 nitrogen and oxygen atoms in total. The van der Waals surface area contributed by atoms with E-state index in [1.807, 2.05) is 24.3 Å². The minimum absolute atomic E-state index is 0.0572. The lowest BCUT2D eigenvalue weighted by Crippen LogP contribution is -2.00. The van der Waals surface area contributed by atoms with Gasteiger partial charge in [0.25, 0.3) is 0 Å². The second-order valence-electron chi connectivity index (χ2n) is 4.98. The summed E-state index contributed by atoms with van der Waals surface area (Å²) in [6.07, 6.45) is 0. The fourth-order valence-corrected chi connectivity index (χ4v) is 2.01. The summed E-state index contributed by atoms with van der Waals surface area (Å²) in [6, 6.07) is 9.36. The third-order valence-electron chi connectivity index (χ3n) is 3.16. The lowest BCUT2D eigenvalue weighted by atomic mass is 10.0. The quantitative estimate of drug-likeness (QED) is 0.895. The van der Waals surface area contributed by atoms with E-state index in [1.165, 1.54) is 6.07 Å². The van der Waals surface area contributed by atoms with Gasteiger partial charge in [-0.05, 0) is 30.5 Å². The third-order valence-corrected chi connectivity index (χ3v) is 3.16. The summed E-state index contributed by atoms with van der Waals surface area (Å²) < 4.78 is 11.0. The van der Waals surface area contributed by atoms with Gasteiger partial charge in [-0.2, -0.15) is 0 Å². The van der Waals surface area contributed by atoms with Crippen molar-refractivity contribution in [3.8, 4) is 5.75 Å². The van der Waals surface area contributed by atoms with Gasteiger partial charge in [0.05, 0.1) is 0 Å². The predicted molar refractivity (Wildman–Crippen MR) is 75.3 cm³/mol. The molecule has 1 N–H and O–H groups in total. The van der Waals surface area contributed by atoms with Crippen LogP contribution in [-0.4, -0.2) is 11.1 Å². The molecule has 2 rings (SSSR count). The first-order chi connectivity index (χ1) is 9.49. The topological polar surface area (TPSA) is 59.7 Å². The van der Waals surface area contributed by atoms with Crippen LogP contribution in [0.2, 0.25) is 0 Å². The van der Waals surface area contributed by atoms with Crippen LogP contribution in [0.5, 0.6) is 5.75 Å². The third kappa shape index (κ3) is 3.02. The number of carboxylic acid groups (broad SMARTS) is 1. The van der Waals surface area contributed by atoms with Crippen LogP contribution in [0.1, 0.15) is 47.2 Å². The zero-order valence-corrected chi connectivity index (χ0v) is 11.8. The fraction of sp³-hybridized carbons (Fsp3) is 0.312. The summed E-state index contributed by atoms with van der Waals surface area (Å²) in [7, 11) is 0. The Morgan fingerprint density at radius 2 is 2.05 bits per heavy atom. The molecule has 1 aromatic heterocycles.